The van der Waals surface area contributed by atoms with Crippen molar-refractivity contribution in [1.29, 1.82) is 0 Å². The molecule has 1 amide bonds. The van der Waals surface area contributed by atoms with Gasteiger partial charge in [-0.15, -0.1) is 0 Å². The maximum absolute atomic E-state index is 12.3. The highest BCUT2D eigenvalue weighted by atomic mass is 16.2. The van der Waals surface area contributed by atoms with Gasteiger partial charge in [0.05, 0.1) is 0 Å². The lowest BCUT2D eigenvalue weighted by Crippen LogP contribution is -2.29. The van der Waals surface area contributed by atoms with E-state index >= 15 is 0 Å². The predicted octanol–water partition coefficient (Wildman–Crippen LogP) is 1.99. The molecule has 0 fully saturated rings. The Hall–Kier alpha value is -3.48. The number of aryl methyl sites for hydroxylation is 1. The Morgan fingerprint density at radius 3 is 2.52 bits per heavy atom. The summed E-state index contributed by atoms with van der Waals surface area (Å²) in [5, 5.41) is 2.60. The van der Waals surface area contributed by atoms with E-state index in [0.717, 1.165) is 28.6 Å². The molecule has 0 aliphatic carbocycles. The Labute approximate surface area is 142 Å². The summed E-state index contributed by atoms with van der Waals surface area (Å²) in [5.74, 6) is -0.315. The van der Waals surface area contributed by atoms with Crippen LogP contribution in [0.4, 0.5) is 5.82 Å². The molecule has 7 nitrogen and oxygen atoms in total. The van der Waals surface area contributed by atoms with Crippen LogP contribution in [0.25, 0.3) is 11.1 Å². The zero-order chi connectivity index (χ0) is 18.0. The van der Waals surface area contributed by atoms with Gasteiger partial charge in [0, 0.05) is 11.9 Å². The highest BCUT2D eigenvalue weighted by Gasteiger charge is 2.14. The molecule has 1 aromatic carbocycles. The van der Waals surface area contributed by atoms with Crippen LogP contribution in [0.3, 0.4) is 0 Å². The van der Waals surface area contributed by atoms with Crippen molar-refractivity contribution >= 4 is 11.7 Å². The molecule has 0 aliphatic heterocycles. The second kappa shape index (κ2) is 6.56. The average molecular weight is 336 g/mol. The standard InChI is InChI=1S/C18H16N4O3/c1-10-11(2)20-15(8-13(10)12-6-4-3-5-7-12)21-16(23)14-9-19-18(25)22-17(14)24/h3-9H,1-2H3,(H,20,21,23)(H2,19,22,24,25). The Morgan fingerprint density at radius 2 is 1.84 bits per heavy atom. The van der Waals surface area contributed by atoms with E-state index in [1.54, 1.807) is 6.07 Å². The van der Waals surface area contributed by atoms with Crippen molar-refractivity contribution < 1.29 is 4.79 Å². The van der Waals surface area contributed by atoms with Crippen molar-refractivity contribution in [3.8, 4) is 11.1 Å². The summed E-state index contributed by atoms with van der Waals surface area (Å²) in [6.07, 6.45) is 1.08. The van der Waals surface area contributed by atoms with Crippen molar-refractivity contribution in [1.82, 2.24) is 15.0 Å². The first-order chi connectivity index (χ1) is 12.0. The number of aromatic nitrogens is 3. The summed E-state index contributed by atoms with van der Waals surface area (Å²) in [5.41, 5.74) is 2.10. The highest BCUT2D eigenvalue weighted by Crippen LogP contribution is 2.27. The van der Waals surface area contributed by atoms with Gasteiger partial charge in [-0.3, -0.25) is 14.6 Å². The van der Waals surface area contributed by atoms with Gasteiger partial charge >= 0.3 is 5.69 Å². The van der Waals surface area contributed by atoms with Crippen molar-refractivity contribution in [2.24, 2.45) is 0 Å². The molecule has 3 N–H and O–H groups in total. The number of amides is 1. The van der Waals surface area contributed by atoms with E-state index in [9.17, 15) is 14.4 Å². The Kier molecular flexibility index (Phi) is 4.30. The molecular weight excluding hydrogens is 320 g/mol. The number of aromatic amines is 2. The third-order valence-corrected chi connectivity index (χ3v) is 3.91. The highest BCUT2D eigenvalue weighted by molar-refractivity contribution is 6.03. The fraction of sp³-hybridized carbons (Fsp3) is 0.111. The molecule has 0 unspecified atom stereocenters. The first-order valence-electron chi connectivity index (χ1n) is 7.62. The molecular formula is C18H16N4O3. The van der Waals surface area contributed by atoms with Crippen molar-refractivity contribution in [2.75, 3.05) is 5.32 Å². The first kappa shape index (κ1) is 16.4. The SMILES string of the molecule is Cc1nc(NC(=O)c2c[nH]c(=O)[nH]c2=O)cc(-c2ccccc2)c1C. The number of benzene rings is 1. The summed E-state index contributed by atoms with van der Waals surface area (Å²) >= 11 is 0. The lowest BCUT2D eigenvalue weighted by Gasteiger charge is -2.12. The summed E-state index contributed by atoms with van der Waals surface area (Å²) < 4.78 is 0. The quantitative estimate of drug-likeness (QED) is 0.680. The number of nitrogens with zero attached hydrogens (tertiary/aromatic N) is 1. The van der Waals surface area contributed by atoms with E-state index in [2.05, 4.69) is 15.3 Å². The van der Waals surface area contributed by atoms with Crippen LogP contribution in [0.1, 0.15) is 21.6 Å². The second-order valence-electron chi connectivity index (χ2n) is 5.57. The fourth-order valence-electron chi connectivity index (χ4n) is 2.48. The van der Waals surface area contributed by atoms with Gasteiger partial charge in [-0.2, -0.15) is 0 Å². The summed E-state index contributed by atoms with van der Waals surface area (Å²) in [6.45, 7) is 3.81. The van der Waals surface area contributed by atoms with Gasteiger partial charge in [-0.25, -0.2) is 9.78 Å². The molecule has 0 spiro atoms. The van der Waals surface area contributed by atoms with E-state index in [0.29, 0.717) is 5.82 Å². The molecule has 3 rings (SSSR count). The number of H-pyrrole nitrogens is 2. The van der Waals surface area contributed by atoms with Crippen LogP contribution in [0, 0.1) is 13.8 Å². The van der Waals surface area contributed by atoms with E-state index in [1.807, 2.05) is 49.2 Å². The van der Waals surface area contributed by atoms with Gasteiger partial charge in [-0.1, -0.05) is 30.3 Å². The largest absolute Gasteiger partial charge is 0.325 e. The van der Waals surface area contributed by atoms with E-state index in [4.69, 9.17) is 0 Å². The van der Waals surface area contributed by atoms with Gasteiger partial charge in [0.15, 0.2) is 0 Å². The zero-order valence-electron chi connectivity index (χ0n) is 13.7. The van der Waals surface area contributed by atoms with Gasteiger partial charge < -0.3 is 10.3 Å². The number of hydrogen-bond donors (Lipinski definition) is 3. The van der Waals surface area contributed by atoms with Crippen LogP contribution < -0.4 is 16.6 Å². The normalized spacial score (nSPS) is 10.5. The molecule has 0 saturated carbocycles. The Balaban J connectivity index is 1.98. The lowest BCUT2D eigenvalue weighted by molar-refractivity contribution is 0.102. The van der Waals surface area contributed by atoms with Crippen LogP contribution in [0.5, 0.6) is 0 Å². The van der Waals surface area contributed by atoms with Crippen molar-refractivity contribution in [3.63, 3.8) is 0 Å². The molecule has 0 radical (unpaired) electrons. The summed E-state index contributed by atoms with van der Waals surface area (Å²) in [4.78, 5) is 43.7. The molecule has 7 heteroatoms. The minimum absolute atomic E-state index is 0.194. The molecule has 0 bridgehead atoms. The van der Waals surface area contributed by atoms with Gasteiger partial charge in [0.25, 0.3) is 11.5 Å². The number of rotatable bonds is 3. The number of pyridine rings is 1. The zero-order valence-corrected chi connectivity index (χ0v) is 13.7. The van der Waals surface area contributed by atoms with Gasteiger partial charge in [-0.05, 0) is 36.6 Å². The number of nitrogens with one attached hydrogen (secondary N) is 3. The van der Waals surface area contributed by atoms with Crippen molar-refractivity contribution in [2.45, 2.75) is 13.8 Å². The van der Waals surface area contributed by atoms with Crippen molar-refractivity contribution in [3.05, 3.63) is 80.3 Å². The molecule has 2 heterocycles. The van der Waals surface area contributed by atoms with E-state index < -0.39 is 17.2 Å². The van der Waals surface area contributed by atoms with Crippen LogP contribution in [-0.4, -0.2) is 20.9 Å². The van der Waals surface area contributed by atoms with Crippen LogP contribution in [0.15, 0.2) is 52.2 Å². The monoisotopic (exact) mass is 336 g/mol. The topological polar surface area (TPSA) is 108 Å². The predicted molar refractivity (Wildman–Crippen MR) is 94.8 cm³/mol. The molecule has 0 saturated heterocycles. The molecule has 126 valence electrons. The molecule has 0 atom stereocenters. The van der Waals surface area contributed by atoms with E-state index in [-0.39, 0.29) is 5.56 Å². The number of hydrogen-bond acceptors (Lipinski definition) is 4. The minimum Gasteiger partial charge on any atom is -0.313 e. The Bertz CT molecular complexity index is 1050. The van der Waals surface area contributed by atoms with Crippen LogP contribution in [0.2, 0.25) is 0 Å². The van der Waals surface area contributed by atoms with Crippen LogP contribution >= 0.6 is 0 Å². The molecule has 25 heavy (non-hydrogen) atoms. The fourth-order valence-corrected chi connectivity index (χ4v) is 2.48. The number of carbonyl (C=O) groups is 1. The van der Waals surface area contributed by atoms with Gasteiger partial charge in [0.2, 0.25) is 0 Å². The molecule has 3 aromatic rings. The average Bonchev–Trinajstić information content (AvgIpc) is 2.58. The third kappa shape index (κ3) is 3.40. The number of anilines is 1. The molecule has 0 aliphatic rings. The van der Waals surface area contributed by atoms with Gasteiger partial charge in [0.1, 0.15) is 11.4 Å². The minimum atomic E-state index is -0.756. The first-order valence-corrected chi connectivity index (χ1v) is 7.62. The molecule has 2 aromatic heterocycles. The van der Waals surface area contributed by atoms with E-state index in [1.165, 1.54) is 0 Å². The lowest BCUT2D eigenvalue weighted by atomic mass is 10.0. The Morgan fingerprint density at radius 1 is 1.12 bits per heavy atom. The number of carbonyl (C=O) groups excluding carboxylic acids is 1. The third-order valence-electron chi connectivity index (χ3n) is 3.91. The summed E-state index contributed by atoms with van der Waals surface area (Å²) in [6, 6.07) is 11.5. The van der Waals surface area contributed by atoms with Crippen LogP contribution in [-0.2, 0) is 0 Å². The second-order valence-corrected chi connectivity index (χ2v) is 5.57. The summed E-state index contributed by atoms with van der Waals surface area (Å²) in [7, 11) is 0. The smallest absolute Gasteiger partial charge is 0.313 e. The maximum Gasteiger partial charge on any atom is 0.325 e. The maximum atomic E-state index is 12.3.